The number of nitrogens with one attached hydrogen (secondary N) is 1. The molecule has 2 aromatic carbocycles. The van der Waals surface area contributed by atoms with E-state index in [0.29, 0.717) is 34.8 Å². The highest BCUT2D eigenvalue weighted by Crippen LogP contribution is 2.21. The van der Waals surface area contributed by atoms with Gasteiger partial charge in [-0.05, 0) is 42.8 Å². The Labute approximate surface area is 201 Å². The topological polar surface area (TPSA) is 101 Å². The number of carbonyl (C=O) groups is 2. The molecule has 4 aromatic rings. The van der Waals surface area contributed by atoms with Crippen LogP contribution in [0.4, 0.5) is 10.1 Å². The summed E-state index contributed by atoms with van der Waals surface area (Å²) >= 11 is 0. The van der Waals surface area contributed by atoms with Crippen molar-refractivity contribution >= 4 is 17.6 Å². The zero-order chi connectivity index (χ0) is 24.8. The molecule has 0 atom stereocenters. The fourth-order valence-corrected chi connectivity index (χ4v) is 3.42. The molecule has 0 spiro atoms. The summed E-state index contributed by atoms with van der Waals surface area (Å²) in [5, 5.41) is 12.0. The number of carbonyl (C=O) groups excluding carboxylic acids is 1. The van der Waals surface area contributed by atoms with E-state index in [1.54, 1.807) is 19.1 Å². The third-order valence-corrected chi connectivity index (χ3v) is 5.32. The molecule has 4 rings (SSSR count). The lowest BCUT2D eigenvalue weighted by molar-refractivity contribution is 0.0695. The first-order chi connectivity index (χ1) is 16.9. The van der Waals surface area contributed by atoms with Crippen molar-refractivity contribution in [2.75, 3.05) is 5.32 Å². The molecule has 2 aromatic heterocycles. The predicted octanol–water partition coefficient (Wildman–Crippen LogP) is 5.26. The number of halogens is 1. The van der Waals surface area contributed by atoms with Crippen LogP contribution in [-0.2, 0) is 18.0 Å². The number of amides is 1. The number of anilines is 1. The van der Waals surface area contributed by atoms with Crippen LogP contribution in [-0.4, -0.2) is 27.0 Å². The smallest absolute Gasteiger partial charge is 0.337 e. The van der Waals surface area contributed by atoms with Crippen molar-refractivity contribution < 1.29 is 23.8 Å². The van der Waals surface area contributed by atoms with E-state index in [1.165, 1.54) is 36.7 Å². The number of carboxylic acid groups (broad SMARTS) is 1. The zero-order valence-corrected chi connectivity index (χ0v) is 18.9. The number of ether oxygens (including phenoxy) is 1. The number of hydrogen-bond donors (Lipinski definition) is 2. The molecule has 0 bridgehead atoms. The summed E-state index contributed by atoms with van der Waals surface area (Å²) in [6, 6.07) is 18.5. The van der Waals surface area contributed by atoms with Crippen LogP contribution in [0.2, 0.25) is 0 Å². The molecule has 35 heavy (non-hydrogen) atoms. The first-order valence-electron chi connectivity index (χ1n) is 10.8. The summed E-state index contributed by atoms with van der Waals surface area (Å²) in [4.78, 5) is 32.5. The number of nitrogens with zero attached hydrogens (tertiary/aromatic N) is 2. The zero-order valence-electron chi connectivity index (χ0n) is 18.9. The summed E-state index contributed by atoms with van der Waals surface area (Å²) in [6.45, 7) is 2.07. The van der Waals surface area contributed by atoms with Crippen LogP contribution in [0.1, 0.15) is 37.5 Å². The van der Waals surface area contributed by atoms with Crippen molar-refractivity contribution in [1.82, 2.24) is 9.97 Å². The van der Waals surface area contributed by atoms with Gasteiger partial charge in [0.1, 0.15) is 5.82 Å². The highest BCUT2D eigenvalue weighted by molar-refractivity contribution is 6.04. The van der Waals surface area contributed by atoms with Crippen LogP contribution in [0, 0.1) is 12.7 Å². The third-order valence-electron chi connectivity index (χ3n) is 5.32. The number of aromatic carboxylic acids is 1. The fraction of sp³-hybridized carbons (Fsp3) is 0.111. The fourth-order valence-electron chi connectivity index (χ4n) is 3.42. The van der Waals surface area contributed by atoms with Crippen LogP contribution in [0.25, 0.3) is 11.3 Å². The summed E-state index contributed by atoms with van der Waals surface area (Å²) in [6.07, 6.45) is 2.94. The monoisotopic (exact) mass is 471 g/mol. The molecule has 0 saturated carbocycles. The number of carboxylic acids is 1. The summed E-state index contributed by atoms with van der Waals surface area (Å²) in [5.41, 5.74) is 3.25. The SMILES string of the molecule is Cc1ncc(-c2cc(C(=O)Nc3ccc(COCc4ccccc4)c(F)c3)ccn2)cc1C(=O)O. The Hall–Kier alpha value is -4.43. The number of rotatable bonds is 8. The van der Waals surface area contributed by atoms with Crippen LogP contribution in [0.5, 0.6) is 0 Å². The lowest BCUT2D eigenvalue weighted by Crippen LogP contribution is -2.12. The molecule has 1 amide bonds. The van der Waals surface area contributed by atoms with Gasteiger partial charge in [-0.15, -0.1) is 0 Å². The normalized spacial score (nSPS) is 10.7. The molecule has 2 N–H and O–H groups in total. The maximum Gasteiger partial charge on any atom is 0.337 e. The molecule has 8 heteroatoms. The second kappa shape index (κ2) is 10.7. The van der Waals surface area contributed by atoms with E-state index in [4.69, 9.17) is 4.74 Å². The highest BCUT2D eigenvalue weighted by atomic mass is 19.1. The van der Waals surface area contributed by atoms with Gasteiger partial charge >= 0.3 is 5.97 Å². The van der Waals surface area contributed by atoms with Gasteiger partial charge in [-0.1, -0.05) is 36.4 Å². The van der Waals surface area contributed by atoms with Crippen molar-refractivity contribution in [3.05, 3.63) is 113 Å². The molecule has 0 unspecified atom stereocenters. The predicted molar refractivity (Wildman–Crippen MR) is 128 cm³/mol. The Kier molecular flexibility index (Phi) is 7.23. The molecule has 0 aliphatic heterocycles. The maximum absolute atomic E-state index is 14.6. The van der Waals surface area contributed by atoms with Crippen molar-refractivity contribution in [3.8, 4) is 11.3 Å². The van der Waals surface area contributed by atoms with Gasteiger partial charge in [0.2, 0.25) is 0 Å². The first-order valence-corrected chi connectivity index (χ1v) is 10.8. The summed E-state index contributed by atoms with van der Waals surface area (Å²) < 4.78 is 20.1. The second-order valence-electron chi connectivity index (χ2n) is 7.83. The molecule has 0 aliphatic rings. The minimum Gasteiger partial charge on any atom is -0.478 e. The molecule has 0 saturated heterocycles. The second-order valence-corrected chi connectivity index (χ2v) is 7.83. The van der Waals surface area contributed by atoms with Gasteiger partial charge in [0.05, 0.1) is 30.2 Å². The molecule has 2 heterocycles. The van der Waals surface area contributed by atoms with Crippen LogP contribution >= 0.6 is 0 Å². The van der Waals surface area contributed by atoms with Gasteiger partial charge in [-0.25, -0.2) is 9.18 Å². The Balaban J connectivity index is 1.43. The summed E-state index contributed by atoms with van der Waals surface area (Å²) in [7, 11) is 0. The van der Waals surface area contributed by atoms with Crippen molar-refractivity contribution in [1.29, 1.82) is 0 Å². The molecule has 0 radical (unpaired) electrons. The van der Waals surface area contributed by atoms with E-state index in [1.807, 2.05) is 30.3 Å². The quantitative estimate of drug-likeness (QED) is 0.364. The average molecular weight is 471 g/mol. The van der Waals surface area contributed by atoms with E-state index < -0.39 is 17.7 Å². The van der Waals surface area contributed by atoms with Gasteiger partial charge in [0.15, 0.2) is 0 Å². The van der Waals surface area contributed by atoms with Crippen LogP contribution in [0.3, 0.4) is 0 Å². The molecular weight excluding hydrogens is 449 g/mol. The minimum atomic E-state index is -1.10. The molecular formula is C27H22FN3O4. The van der Waals surface area contributed by atoms with Gasteiger partial charge in [0.25, 0.3) is 5.91 Å². The molecule has 0 fully saturated rings. The van der Waals surface area contributed by atoms with E-state index >= 15 is 0 Å². The third kappa shape index (κ3) is 5.93. The molecule has 7 nitrogen and oxygen atoms in total. The standard InChI is InChI=1S/C27H22FN3O4/c1-17-23(27(33)34)11-21(14-30-17)25-12-19(9-10-29-25)26(32)31-22-8-7-20(24(28)13-22)16-35-15-18-5-3-2-4-6-18/h2-14H,15-16H2,1H3,(H,31,32)(H,33,34). The number of hydrogen-bond acceptors (Lipinski definition) is 5. The van der Waals surface area contributed by atoms with Gasteiger partial charge in [-0.2, -0.15) is 0 Å². The maximum atomic E-state index is 14.6. The van der Waals surface area contributed by atoms with E-state index in [0.717, 1.165) is 5.56 Å². The Bertz CT molecular complexity index is 1380. The van der Waals surface area contributed by atoms with Gasteiger partial charge in [0, 0.05) is 34.8 Å². The van der Waals surface area contributed by atoms with Crippen molar-refractivity contribution in [3.63, 3.8) is 0 Å². The summed E-state index contributed by atoms with van der Waals surface area (Å²) in [5.74, 6) is -2.04. The lowest BCUT2D eigenvalue weighted by Gasteiger charge is -2.10. The van der Waals surface area contributed by atoms with Gasteiger partial charge in [-0.3, -0.25) is 14.8 Å². The van der Waals surface area contributed by atoms with Crippen molar-refractivity contribution in [2.24, 2.45) is 0 Å². The number of aryl methyl sites for hydroxylation is 1. The van der Waals surface area contributed by atoms with Crippen molar-refractivity contribution in [2.45, 2.75) is 20.1 Å². The van der Waals surface area contributed by atoms with Gasteiger partial charge < -0.3 is 15.2 Å². The largest absolute Gasteiger partial charge is 0.478 e. The Morgan fingerprint density at radius 1 is 1.00 bits per heavy atom. The highest BCUT2D eigenvalue weighted by Gasteiger charge is 2.14. The van der Waals surface area contributed by atoms with E-state index in [2.05, 4.69) is 15.3 Å². The number of pyridine rings is 2. The average Bonchev–Trinajstić information content (AvgIpc) is 2.86. The molecule has 176 valence electrons. The van der Waals surface area contributed by atoms with Crippen LogP contribution in [0.15, 0.2) is 79.1 Å². The lowest BCUT2D eigenvalue weighted by atomic mass is 10.1. The van der Waals surface area contributed by atoms with E-state index in [9.17, 15) is 19.1 Å². The Morgan fingerprint density at radius 3 is 2.54 bits per heavy atom. The van der Waals surface area contributed by atoms with E-state index in [-0.39, 0.29) is 17.7 Å². The Morgan fingerprint density at radius 2 is 1.80 bits per heavy atom. The number of benzene rings is 2. The van der Waals surface area contributed by atoms with Crippen LogP contribution < -0.4 is 5.32 Å². The first kappa shape index (κ1) is 23.7. The number of aromatic nitrogens is 2. The minimum absolute atomic E-state index is 0.0578. The molecule has 0 aliphatic carbocycles.